The van der Waals surface area contributed by atoms with Crippen LogP contribution in [0.4, 0.5) is 4.79 Å². The van der Waals surface area contributed by atoms with Crippen molar-refractivity contribution >= 4 is 26.9 Å². The van der Waals surface area contributed by atoms with Gasteiger partial charge in [0.25, 0.3) is 0 Å². The van der Waals surface area contributed by atoms with E-state index in [1.165, 1.54) is 0 Å². The highest BCUT2D eigenvalue weighted by atomic mass is 28.3. The van der Waals surface area contributed by atoms with Gasteiger partial charge in [0, 0.05) is 25.0 Å². The normalized spacial score (nSPS) is 17.0. The molecule has 2 aromatic rings. The lowest BCUT2D eigenvalue weighted by atomic mass is 9.69. The fourth-order valence-corrected chi connectivity index (χ4v) is 8.22. The summed E-state index contributed by atoms with van der Waals surface area (Å²) in [7, 11) is 0.345. The van der Waals surface area contributed by atoms with Crippen LogP contribution in [0.15, 0.2) is 54.6 Å². The van der Waals surface area contributed by atoms with Gasteiger partial charge in [-0.2, -0.15) is 0 Å². The molecule has 2 aromatic carbocycles. The van der Waals surface area contributed by atoms with Crippen LogP contribution >= 0.6 is 0 Å². The fraction of sp³-hybridized carbons (Fsp3) is 0.643. The van der Waals surface area contributed by atoms with Crippen molar-refractivity contribution < 1.29 is 23.5 Å². The number of aryl methyl sites for hydroxylation is 1. The minimum absolute atomic E-state index is 0.0200. The molecule has 9 nitrogen and oxygen atoms in total. The van der Waals surface area contributed by atoms with Crippen LogP contribution in [-0.2, 0) is 25.2 Å². The van der Waals surface area contributed by atoms with Crippen molar-refractivity contribution in [3.63, 3.8) is 0 Å². The minimum Gasteiger partial charge on any atom is -0.450 e. The molecule has 1 aliphatic heterocycles. The number of carbonyl (C=O) groups is 3. The maximum atomic E-state index is 14.7. The Hall–Kier alpha value is -3.21. The number of benzene rings is 2. The van der Waals surface area contributed by atoms with Crippen LogP contribution in [0.25, 0.3) is 0 Å². The zero-order valence-corrected chi connectivity index (χ0v) is 34.8. The van der Waals surface area contributed by atoms with E-state index in [9.17, 15) is 14.4 Å². The second-order valence-electron chi connectivity index (χ2n) is 16.4. The lowest BCUT2D eigenvalue weighted by molar-refractivity contribution is -0.140. The Bertz CT molecular complexity index is 1390. The molecule has 1 aliphatic rings. The van der Waals surface area contributed by atoms with Gasteiger partial charge < -0.3 is 30.0 Å². The van der Waals surface area contributed by atoms with Gasteiger partial charge in [0.1, 0.15) is 6.04 Å². The highest BCUT2D eigenvalue weighted by Gasteiger charge is 2.43. The first kappa shape index (κ1) is 43.2. The summed E-state index contributed by atoms with van der Waals surface area (Å²) < 4.78 is 12.5. The summed E-state index contributed by atoms with van der Waals surface area (Å²) in [6, 6.07) is 17.6. The predicted octanol–water partition coefficient (Wildman–Crippen LogP) is 7.19. The highest BCUT2D eigenvalue weighted by Crippen LogP contribution is 2.41. The van der Waals surface area contributed by atoms with E-state index in [1.54, 1.807) is 0 Å². The number of alkyl carbamates (subject to hydrolysis) is 1. The molecule has 3 amide bonds. The number of rotatable bonds is 18. The summed E-state index contributed by atoms with van der Waals surface area (Å²) >= 11 is 0. The Morgan fingerprint density at radius 1 is 0.981 bits per heavy atom. The van der Waals surface area contributed by atoms with E-state index in [-0.39, 0.29) is 29.1 Å². The second kappa shape index (κ2) is 20.9. The average Bonchev–Trinajstić information content (AvgIpc) is 3.10. The molecule has 0 saturated carbocycles. The van der Waals surface area contributed by atoms with E-state index in [2.05, 4.69) is 81.9 Å². The summed E-state index contributed by atoms with van der Waals surface area (Å²) in [5, 5.41) is 9.86. The SMILES string of the molecule is CCCCOC(=O)N[C@H](C(O[SiH](C)C)c1ccccc1)[C@@H](C[C@H](Cc1cccc(C)c1)C(=O)N[C@H](C(=O)N1CCC(NC)CC1)C(C)C)C(C)(C)C. The standard InChI is InChI=1S/C42H68N4O5Si/c1-11-12-25-50-41(49)45-37(38(51-52(9)10)32-19-14-13-15-20-32)35(42(5,6)7)28-33(27-31-18-16-17-30(4)26-31)39(47)44-36(29(2)3)40(48)46-23-21-34(43-8)22-24-46/h13-20,26,29,33-38,43,52H,11-12,21-25,27-28H2,1-10H3,(H,44,47)(H,45,49)/t33-,35+,36-,37-,38?/m0/s1. The van der Waals surface area contributed by atoms with E-state index in [0.29, 0.717) is 38.6 Å². The monoisotopic (exact) mass is 736 g/mol. The van der Waals surface area contributed by atoms with Gasteiger partial charge in [-0.1, -0.05) is 108 Å². The van der Waals surface area contributed by atoms with Crippen molar-refractivity contribution in [1.82, 2.24) is 20.9 Å². The third-order valence-electron chi connectivity index (χ3n) is 10.4. The number of ether oxygens (including phenoxy) is 1. The molecular formula is C42H68N4O5Si. The number of hydrogen-bond acceptors (Lipinski definition) is 6. The van der Waals surface area contributed by atoms with Crippen molar-refractivity contribution in [2.24, 2.45) is 23.2 Å². The highest BCUT2D eigenvalue weighted by molar-refractivity contribution is 6.48. The fourth-order valence-electron chi connectivity index (χ4n) is 7.30. The maximum absolute atomic E-state index is 14.7. The topological polar surface area (TPSA) is 109 Å². The van der Waals surface area contributed by atoms with Gasteiger partial charge in [0.2, 0.25) is 11.8 Å². The van der Waals surface area contributed by atoms with Crippen LogP contribution in [0.1, 0.15) is 96.4 Å². The molecule has 52 heavy (non-hydrogen) atoms. The number of amides is 3. The average molecular weight is 737 g/mol. The van der Waals surface area contributed by atoms with Crippen LogP contribution < -0.4 is 16.0 Å². The first-order valence-corrected chi connectivity index (χ1v) is 22.4. The summed E-state index contributed by atoms with van der Waals surface area (Å²) in [4.78, 5) is 44.1. The maximum Gasteiger partial charge on any atom is 0.407 e. The van der Waals surface area contributed by atoms with Gasteiger partial charge in [0.15, 0.2) is 9.04 Å². The number of nitrogens with one attached hydrogen (secondary N) is 3. The lowest BCUT2D eigenvalue weighted by Gasteiger charge is -2.43. The summed E-state index contributed by atoms with van der Waals surface area (Å²) in [6.07, 6.45) is 3.52. The summed E-state index contributed by atoms with van der Waals surface area (Å²) in [5.41, 5.74) is 2.80. The van der Waals surface area contributed by atoms with E-state index in [0.717, 1.165) is 42.4 Å². The summed E-state index contributed by atoms with van der Waals surface area (Å²) in [6.45, 7) is 20.6. The van der Waals surface area contributed by atoms with E-state index in [1.807, 2.05) is 62.2 Å². The Morgan fingerprint density at radius 3 is 2.21 bits per heavy atom. The molecular weight excluding hydrogens is 669 g/mol. The minimum atomic E-state index is -1.62. The second-order valence-corrected chi connectivity index (χ2v) is 18.8. The third kappa shape index (κ3) is 13.3. The molecule has 10 heteroatoms. The summed E-state index contributed by atoms with van der Waals surface area (Å²) in [5.74, 6) is -0.946. The molecule has 3 N–H and O–H groups in total. The van der Waals surface area contributed by atoms with Crippen LogP contribution in [0, 0.1) is 30.1 Å². The molecule has 290 valence electrons. The van der Waals surface area contributed by atoms with Crippen LogP contribution in [0.3, 0.4) is 0 Å². The number of piperidine rings is 1. The molecule has 0 aromatic heterocycles. The molecule has 0 aliphatic carbocycles. The quantitative estimate of drug-likeness (QED) is 0.111. The van der Waals surface area contributed by atoms with Crippen LogP contribution in [0.2, 0.25) is 13.1 Å². The van der Waals surface area contributed by atoms with Gasteiger partial charge in [-0.3, -0.25) is 9.59 Å². The van der Waals surface area contributed by atoms with Gasteiger partial charge in [0.05, 0.1) is 18.8 Å². The molecule has 1 unspecified atom stereocenters. The van der Waals surface area contributed by atoms with Gasteiger partial charge in [-0.25, -0.2) is 4.79 Å². The number of nitrogens with zero attached hydrogens (tertiary/aromatic N) is 1. The van der Waals surface area contributed by atoms with E-state index < -0.39 is 39.2 Å². The molecule has 0 bridgehead atoms. The molecule has 5 atom stereocenters. The molecule has 1 heterocycles. The van der Waals surface area contributed by atoms with Crippen molar-refractivity contribution in [2.75, 3.05) is 26.7 Å². The Balaban J connectivity index is 2.06. The predicted molar refractivity (Wildman–Crippen MR) is 214 cm³/mol. The van der Waals surface area contributed by atoms with Gasteiger partial charge in [-0.15, -0.1) is 0 Å². The molecule has 3 rings (SSSR count). The molecule has 1 fully saturated rings. The number of likely N-dealkylation sites (tertiary alicyclic amines) is 1. The molecule has 1 saturated heterocycles. The van der Waals surface area contributed by atoms with Crippen molar-refractivity contribution in [2.45, 2.75) is 124 Å². The Labute approximate surface area is 316 Å². The zero-order valence-electron chi connectivity index (χ0n) is 33.7. The van der Waals surface area contributed by atoms with Gasteiger partial charge in [-0.05, 0) is 87.5 Å². The Kier molecular flexibility index (Phi) is 17.3. The number of hydrogen-bond donors (Lipinski definition) is 3. The lowest BCUT2D eigenvalue weighted by Crippen LogP contribution is -2.56. The largest absolute Gasteiger partial charge is 0.450 e. The van der Waals surface area contributed by atoms with Crippen molar-refractivity contribution in [1.29, 1.82) is 0 Å². The van der Waals surface area contributed by atoms with Gasteiger partial charge >= 0.3 is 6.09 Å². The smallest absolute Gasteiger partial charge is 0.407 e. The number of carbonyl (C=O) groups excluding carboxylic acids is 3. The van der Waals surface area contributed by atoms with E-state index >= 15 is 0 Å². The first-order valence-electron chi connectivity index (χ1n) is 19.6. The number of unbranched alkanes of at least 4 members (excludes halogenated alkanes) is 1. The van der Waals surface area contributed by atoms with Crippen LogP contribution in [-0.4, -0.2) is 76.7 Å². The Morgan fingerprint density at radius 2 is 1.65 bits per heavy atom. The molecule has 0 spiro atoms. The van der Waals surface area contributed by atoms with Crippen molar-refractivity contribution in [3.8, 4) is 0 Å². The van der Waals surface area contributed by atoms with E-state index in [4.69, 9.17) is 9.16 Å². The van der Waals surface area contributed by atoms with Crippen LogP contribution in [0.5, 0.6) is 0 Å². The zero-order chi connectivity index (χ0) is 38.4. The first-order chi connectivity index (χ1) is 24.6. The van der Waals surface area contributed by atoms with Crippen molar-refractivity contribution in [3.05, 3.63) is 71.3 Å². The third-order valence-corrected chi connectivity index (χ3v) is 11.2. The molecule has 0 radical (unpaired) electrons.